The van der Waals surface area contributed by atoms with Gasteiger partial charge in [0.25, 0.3) is 0 Å². The van der Waals surface area contributed by atoms with Crippen molar-refractivity contribution in [1.29, 1.82) is 0 Å². The molecule has 23 heavy (non-hydrogen) atoms. The third-order valence-corrected chi connectivity index (χ3v) is 3.95. The lowest BCUT2D eigenvalue weighted by molar-refractivity contribution is -0.116. The van der Waals surface area contributed by atoms with Crippen LogP contribution in [0.15, 0.2) is 18.2 Å². The van der Waals surface area contributed by atoms with Crippen LogP contribution in [0.5, 0.6) is 0 Å². The van der Waals surface area contributed by atoms with E-state index in [4.69, 9.17) is 32.7 Å². The van der Waals surface area contributed by atoms with Crippen LogP contribution in [0.25, 0.3) is 0 Å². The van der Waals surface area contributed by atoms with Crippen LogP contribution < -0.4 is 5.32 Å². The molecule has 0 bridgehead atoms. The number of para-hydroxylation sites is 1. The summed E-state index contributed by atoms with van der Waals surface area (Å²) in [6.45, 7) is 3.61. The Morgan fingerprint density at radius 3 is 2.35 bits per heavy atom. The molecule has 0 unspecified atom stereocenters. The largest absolute Gasteiger partial charge is 0.385 e. The minimum atomic E-state index is -0.117. The van der Waals surface area contributed by atoms with E-state index in [9.17, 15) is 4.79 Å². The summed E-state index contributed by atoms with van der Waals surface area (Å²) in [7, 11) is 3.35. The van der Waals surface area contributed by atoms with Crippen molar-refractivity contribution in [2.45, 2.75) is 12.8 Å². The zero-order valence-electron chi connectivity index (χ0n) is 13.6. The summed E-state index contributed by atoms with van der Waals surface area (Å²) in [6.07, 6.45) is 1.27. The van der Waals surface area contributed by atoms with Crippen LogP contribution in [-0.4, -0.2) is 57.9 Å². The Bertz CT molecular complexity index is 466. The molecule has 0 fully saturated rings. The van der Waals surface area contributed by atoms with Crippen molar-refractivity contribution in [2.75, 3.05) is 52.4 Å². The van der Waals surface area contributed by atoms with Crippen molar-refractivity contribution in [3.05, 3.63) is 28.2 Å². The van der Waals surface area contributed by atoms with E-state index in [1.807, 2.05) is 0 Å². The molecule has 1 N–H and O–H groups in total. The van der Waals surface area contributed by atoms with E-state index in [2.05, 4.69) is 10.2 Å². The van der Waals surface area contributed by atoms with Gasteiger partial charge in [-0.05, 0) is 18.6 Å². The predicted molar refractivity (Wildman–Crippen MR) is 94.5 cm³/mol. The summed E-state index contributed by atoms with van der Waals surface area (Å²) in [5.74, 6) is -0.117. The number of anilines is 1. The number of carbonyl (C=O) groups is 1. The topological polar surface area (TPSA) is 50.8 Å². The maximum atomic E-state index is 12.1. The van der Waals surface area contributed by atoms with Gasteiger partial charge in [-0.15, -0.1) is 0 Å². The first-order valence-electron chi connectivity index (χ1n) is 7.52. The molecule has 1 amide bonds. The predicted octanol–water partition coefficient (Wildman–Crippen LogP) is 3.31. The van der Waals surface area contributed by atoms with Gasteiger partial charge >= 0.3 is 0 Å². The summed E-state index contributed by atoms with van der Waals surface area (Å²) >= 11 is 12.1. The Labute approximate surface area is 147 Å². The van der Waals surface area contributed by atoms with Gasteiger partial charge in [-0.3, -0.25) is 4.79 Å². The molecule has 0 aliphatic rings. The number of methoxy groups -OCH3 is 2. The number of nitrogens with zero attached hydrogens (tertiary/aromatic N) is 1. The van der Waals surface area contributed by atoms with Crippen molar-refractivity contribution in [2.24, 2.45) is 0 Å². The van der Waals surface area contributed by atoms with Crippen molar-refractivity contribution < 1.29 is 14.3 Å². The van der Waals surface area contributed by atoms with E-state index in [1.165, 1.54) is 0 Å². The SMILES string of the molecule is COCCCN(CCOC)CCC(=O)Nc1c(Cl)cccc1Cl. The molecule has 1 aromatic carbocycles. The summed E-state index contributed by atoms with van der Waals surface area (Å²) in [5.41, 5.74) is 0.462. The van der Waals surface area contributed by atoms with Crippen LogP contribution in [0.3, 0.4) is 0 Å². The third kappa shape index (κ3) is 7.99. The Balaban J connectivity index is 2.47. The van der Waals surface area contributed by atoms with E-state index < -0.39 is 0 Å². The van der Waals surface area contributed by atoms with Crippen LogP contribution >= 0.6 is 23.2 Å². The summed E-state index contributed by atoms with van der Waals surface area (Å²) < 4.78 is 10.2. The number of hydrogen-bond donors (Lipinski definition) is 1. The fraction of sp³-hybridized carbons (Fsp3) is 0.562. The van der Waals surface area contributed by atoms with Gasteiger partial charge < -0.3 is 19.7 Å². The molecule has 1 aromatic rings. The number of ether oxygens (including phenoxy) is 2. The third-order valence-electron chi connectivity index (χ3n) is 3.32. The second-order valence-corrected chi connectivity index (χ2v) is 5.89. The molecule has 0 aromatic heterocycles. The number of hydrogen-bond acceptors (Lipinski definition) is 4. The van der Waals surface area contributed by atoms with E-state index in [0.29, 0.717) is 41.9 Å². The summed E-state index contributed by atoms with van der Waals surface area (Å²) in [5, 5.41) is 3.64. The van der Waals surface area contributed by atoms with E-state index in [0.717, 1.165) is 19.5 Å². The Hall–Kier alpha value is -0.850. The van der Waals surface area contributed by atoms with Gasteiger partial charge in [-0.25, -0.2) is 0 Å². The molecule has 0 saturated heterocycles. The Morgan fingerprint density at radius 2 is 1.74 bits per heavy atom. The van der Waals surface area contributed by atoms with Crippen LogP contribution in [0, 0.1) is 0 Å². The van der Waals surface area contributed by atoms with Crippen LogP contribution in [0.1, 0.15) is 12.8 Å². The zero-order valence-corrected chi connectivity index (χ0v) is 15.1. The van der Waals surface area contributed by atoms with Gasteiger partial charge in [0.2, 0.25) is 5.91 Å². The number of halogens is 2. The molecule has 5 nitrogen and oxygen atoms in total. The standard InChI is InChI=1S/C16H24Cl2N2O3/c1-22-11-4-8-20(10-12-23-2)9-7-15(21)19-16-13(17)5-3-6-14(16)18/h3,5-6H,4,7-12H2,1-2H3,(H,19,21). The molecule has 1 rings (SSSR count). The Morgan fingerprint density at radius 1 is 1.09 bits per heavy atom. The second-order valence-electron chi connectivity index (χ2n) is 5.08. The molecule has 0 aliphatic carbocycles. The highest BCUT2D eigenvalue weighted by Gasteiger charge is 2.12. The normalized spacial score (nSPS) is 11.0. The van der Waals surface area contributed by atoms with Crippen molar-refractivity contribution in [1.82, 2.24) is 4.90 Å². The molecule has 0 saturated carbocycles. The highest BCUT2D eigenvalue weighted by Crippen LogP contribution is 2.29. The van der Waals surface area contributed by atoms with Crippen molar-refractivity contribution in [3.8, 4) is 0 Å². The van der Waals surface area contributed by atoms with Gasteiger partial charge in [-0.1, -0.05) is 29.3 Å². The van der Waals surface area contributed by atoms with Gasteiger partial charge in [-0.2, -0.15) is 0 Å². The molecule has 0 radical (unpaired) electrons. The summed E-state index contributed by atoms with van der Waals surface area (Å²) in [6, 6.07) is 5.12. The molecule has 130 valence electrons. The number of benzene rings is 1. The van der Waals surface area contributed by atoms with Gasteiger partial charge in [0.15, 0.2) is 0 Å². The van der Waals surface area contributed by atoms with Crippen molar-refractivity contribution >= 4 is 34.8 Å². The average molecular weight is 363 g/mol. The second kappa shape index (κ2) is 11.6. The number of carbonyl (C=O) groups excluding carboxylic acids is 1. The lowest BCUT2D eigenvalue weighted by Crippen LogP contribution is -2.32. The van der Waals surface area contributed by atoms with Crippen LogP contribution in [-0.2, 0) is 14.3 Å². The highest BCUT2D eigenvalue weighted by molar-refractivity contribution is 6.39. The molecule has 0 spiro atoms. The Kier molecular flexibility index (Phi) is 10.2. The highest BCUT2D eigenvalue weighted by atomic mass is 35.5. The first-order valence-corrected chi connectivity index (χ1v) is 8.28. The first-order chi connectivity index (χ1) is 11.1. The maximum Gasteiger partial charge on any atom is 0.225 e. The molecule has 0 aliphatic heterocycles. The molecule has 0 atom stereocenters. The fourth-order valence-corrected chi connectivity index (χ4v) is 2.56. The monoisotopic (exact) mass is 362 g/mol. The number of amides is 1. The number of nitrogens with one attached hydrogen (secondary N) is 1. The maximum absolute atomic E-state index is 12.1. The lowest BCUT2D eigenvalue weighted by atomic mass is 10.3. The molecule has 7 heteroatoms. The average Bonchev–Trinajstić information content (AvgIpc) is 2.53. The minimum Gasteiger partial charge on any atom is -0.385 e. The summed E-state index contributed by atoms with van der Waals surface area (Å²) in [4.78, 5) is 14.3. The zero-order chi connectivity index (χ0) is 17.1. The molecule has 0 heterocycles. The quantitative estimate of drug-likeness (QED) is 0.613. The van der Waals surface area contributed by atoms with Gasteiger partial charge in [0, 0.05) is 46.9 Å². The van der Waals surface area contributed by atoms with Gasteiger partial charge in [0.1, 0.15) is 0 Å². The van der Waals surface area contributed by atoms with Crippen molar-refractivity contribution in [3.63, 3.8) is 0 Å². The first kappa shape index (κ1) is 20.2. The van der Waals surface area contributed by atoms with E-state index >= 15 is 0 Å². The minimum absolute atomic E-state index is 0.117. The smallest absolute Gasteiger partial charge is 0.225 e. The van der Waals surface area contributed by atoms with Gasteiger partial charge in [0.05, 0.1) is 22.3 Å². The van der Waals surface area contributed by atoms with Crippen LogP contribution in [0.2, 0.25) is 10.0 Å². The lowest BCUT2D eigenvalue weighted by Gasteiger charge is -2.21. The molecular weight excluding hydrogens is 339 g/mol. The van der Waals surface area contributed by atoms with E-state index in [-0.39, 0.29) is 5.91 Å². The molecular formula is C16H24Cl2N2O3. The van der Waals surface area contributed by atoms with E-state index in [1.54, 1.807) is 32.4 Å². The number of rotatable bonds is 11. The fourth-order valence-electron chi connectivity index (χ4n) is 2.07. The van der Waals surface area contributed by atoms with Crippen LogP contribution in [0.4, 0.5) is 5.69 Å².